The molecule has 1 saturated carbocycles. The van der Waals surface area contributed by atoms with E-state index in [1.54, 1.807) is 0 Å². The standard InChI is InChI=1S/C13H20N2/c1-11(13-8-4-5-9-14-13)15-10-12-6-2-3-7-12/h4-5,8-9,11-12,15H,2-3,6-7,10H2,1H3. The Balaban J connectivity index is 1.79. The summed E-state index contributed by atoms with van der Waals surface area (Å²) < 4.78 is 0. The van der Waals surface area contributed by atoms with E-state index in [-0.39, 0.29) is 0 Å². The molecule has 0 bridgehead atoms. The largest absolute Gasteiger partial charge is 0.309 e. The van der Waals surface area contributed by atoms with Crippen LogP contribution in [0.1, 0.15) is 44.3 Å². The molecule has 1 N–H and O–H groups in total. The molecule has 2 heteroatoms. The third-order valence-corrected chi connectivity index (χ3v) is 3.32. The molecule has 1 aliphatic rings. The molecule has 0 amide bonds. The third kappa shape index (κ3) is 3.03. The van der Waals surface area contributed by atoms with Gasteiger partial charge in [0.1, 0.15) is 0 Å². The van der Waals surface area contributed by atoms with Crippen LogP contribution >= 0.6 is 0 Å². The third-order valence-electron chi connectivity index (χ3n) is 3.32. The minimum Gasteiger partial charge on any atom is -0.309 e. The summed E-state index contributed by atoms with van der Waals surface area (Å²) in [5.41, 5.74) is 1.15. The van der Waals surface area contributed by atoms with Crippen molar-refractivity contribution in [1.29, 1.82) is 0 Å². The first-order chi connectivity index (χ1) is 7.36. The normalized spacial score (nSPS) is 19.3. The van der Waals surface area contributed by atoms with Gasteiger partial charge in [0.2, 0.25) is 0 Å². The van der Waals surface area contributed by atoms with E-state index in [0.29, 0.717) is 6.04 Å². The lowest BCUT2D eigenvalue weighted by molar-refractivity contribution is 0.448. The molecule has 1 atom stereocenters. The summed E-state index contributed by atoms with van der Waals surface area (Å²) in [6.45, 7) is 3.34. The maximum absolute atomic E-state index is 4.36. The van der Waals surface area contributed by atoms with Crippen LogP contribution in [0.15, 0.2) is 24.4 Å². The van der Waals surface area contributed by atoms with Crippen molar-refractivity contribution in [1.82, 2.24) is 10.3 Å². The average Bonchev–Trinajstić information content (AvgIpc) is 2.80. The molecule has 82 valence electrons. The van der Waals surface area contributed by atoms with E-state index in [0.717, 1.165) is 18.2 Å². The maximum Gasteiger partial charge on any atom is 0.0570 e. The number of nitrogens with one attached hydrogen (secondary N) is 1. The second kappa shape index (κ2) is 5.26. The van der Waals surface area contributed by atoms with Crippen LogP contribution in [0.3, 0.4) is 0 Å². The van der Waals surface area contributed by atoms with Gasteiger partial charge in [0.05, 0.1) is 5.69 Å². The number of pyridine rings is 1. The summed E-state index contributed by atoms with van der Waals surface area (Å²) in [4.78, 5) is 4.36. The summed E-state index contributed by atoms with van der Waals surface area (Å²) in [5, 5.41) is 3.58. The van der Waals surface area contributed by atoms with Gasteiger partial charge in [-0.25, -0.2) is 0 Å². The summed E-state index contributed by atoms with van der Waals surface area (Å²) in [5.74, 6) is 0.899. The van der Waals surface area contributed by atoms with E-state index in [4.69, 9.17) is 0 Å². The average molecular weight is 204 g/mol. The van der Waals surface area contributed by atoms with Crippen LogP contribution in [0.4, 0.5) is 0 Å². The summed E-state index contributed by atoms with van der Waals surface area (Å²) in [6.07, 6.45) is 7.52. The van der Waals surface area contributed by atoms with Gasteiger partial charge in [0, 0.05) is 12.2 Å². The van der Waals surface area contributed by atoms with Gasteiger partial charge < -0.3 is 5.32 Å². The minimum absolute atomic E-state index is 0.381. The Labute approximate surface area is 92.1 Å². The quantitative estimate of drug-likeness (QED) is 0.815. The molecule has 0 spiro atoms. The molecule has 1 unspecified atom stereocenters. The Bertz CT molecular complexity index is 278. The first-order valence-corrected chi connectivity index (χ1v) is 6.00. The van der Waals surface area contributed by atoms with Crippen LogP contribution in [-0.4, -0.2) is 11.5 Å². The molecular weight excluding hydrogens is 184 g/mol. The Morgan fingerprint density at radius 1 is 1.40 bits per heavy atom. The van der Waals surface area contributed by atoms with Crippen molar-refractivity contribution in [2.75, 3.05) is 6.54 Å². The van der Waals surface area contributed by atoms with Crippen LogP contribution < -0.4 is 5.32 Å². The molecule has 0 aromatic carbocycles. The fourth-order valence-corrected chi connectivity index (χ4v) is 2.29. The van der Waals surface area contributed by atoms with E-state index in [9.17, 15) is 0 Å². The number of nitrogens with zero attached hydrogens (tertiary/aromatic N) is 1. The lowest BCUT2D eigenvalue weighted by Crippen LogP contribution is -2.25. The molecule has 1 heterocycles. The van der Waals surface area contributed by atoms with E-state index < -0.39 is 0 Å². The maximum atomic E-state index is 4.36. The minimum atomic E-state index is 0.381. The Hall–Kier alpha value is -0.890. The molecule has 15 heavy (non-hydrogen) atoms. The van der Waals surface area contributed by atoms with Gasteiger partial charge >= 0.3 is 0 Å². The van der Waals surface area contributed by atoms with Crippen molar-refractivity contribution < 1.29 is 0 Å². The molecule has 1 aromatic heterocycles. The molecule has 2 rings (SSSR count). The molecule has 0 radical (unpaired) electrons. The van der Waals surface area contributed by atoms with Crippen molar-refractivity contribution in [2.45, 2.75) is 38.6 Å². The predicted molar refractivity (Wildman–Crippen MR) is 62.6 cm³/mol. The fraction of sp³-hybridized carbons (Fsp3) is 0.615. The molecule has 1 aromatic rings. The van der Waals surface area contributed by atoms with Gasteiger partial charge in [0.15, 0.2) is 0 Å². The Morgan fingerprint density at radius 3 is 2.87 bits per heavy atom. The van der Waals surface area contributed by atoms with Gasteiger partial charge in [0.25, 0.3) is 0 Å². The van der Waals surface area contributed by atoms with Crippen molar-refractivity contribution in [3.8, 4) is 0 Å². The van der Waals surface area contributed by atoms with E-state index >= 15 is 0 Å². The molecule has 0 aliphatic heterocycles. The summed E-state index contributed by atoms with van der Waals surface area (Å²) >= 11 is 0. The van der Waals surface area contributed by atoms with Crippen LogP contribution in [-0.2, 0) is 0 Å². The van der Waals surface area contributed by atoms with Crippen molar-refractivity contribution in [3.05, 3.63) is 30.1 Å². The number of hydrogen-bond acceptors (Lipinski definition) is 2. The number of hydrogen-bond donors (Lipinski definition) is 1. The summed E-state index contributed by atoms with van der Waals surface area (Å²) in [7, 11) is 0. The molecule has 0 saturated heterocycles. The van der Waals surface area contributed by atoms with Crippen LogP contribution in [0.5, 0.6) is 0 Å². The highest BCUT2D eigenvalue weighted by Crippen LogP contribution is 2.24. The lowest BCUT2D eigenvalue weighted by atomic mass is 10.1. The zero-order valence-electron chi connectivity index (χ0n) is 9.45. The van der Waals surface area contributed by atoms with Crippen molar-refractivity contribution >= 4 is 0 Å². The first kappa shape index (κ1) is 10.6. The highest BCUT2D eigenvalue weighted by molar-refractivity contribution is 5.07. The monoisotopic (exact) mass is 204 g/mol. The first-order valence-electron chi connectivity index (χ1n) is 6.00. The zero-order chi connectivity index (χ0) is 10.5. The van der Waals surface area contributed by atoms with Gasteiger partial charge in [-0.15, -0.1) is 0 Å². The lowest BCUT2D eigenvalue weighted by Gasteiger charge is -2.16. The van der Waals surface area contributed by atoms with Crippen molar-refractivity contribution in [3.63, 3.8) is 0 Å². The second-order valence-corrected chi connectivity index (χ2v) is 4.54. The second-order valence-electron chi connectivity index (χ2n) is 4.54. The Kier molecular flexibility index (Phi) is 3.73. The Morgan fingerprint density at radius 2 is 2.20 bits per heavy atom. The van der Waals surface area contributed by atoms with Gasteiger partial charge in [-0.05, 0) is 44.4 Å². The molecular formula is C13H20N2. The molecule has 2 nitrogen and oxygen atoms in total. The van der Waals surface area contributed by atoms with E-state index in [2.05, 4.69) is 29.4 Å². The fourth-order valence-electron chi connectivity index (χ4n) is 2.29. The van der Waals surface area contributed by atoms with Crippen LogP contribution in [0.25, 0.3) is 0 Å². The van der Waals surface area contributed by atoms with Crippen LogP contribution in [0.2, 0.25) is 0 Å². The summed E-state index contributed by atoms with van der Waals surface area (Å²) in [6, 6.07) is 6.49. The van der Waals surface area contributed by atoms with E-state index in [1.807, 2.05) is 12.3 Å². The van der Waals surface area contributed by atoms with Gasteiger partial charge in [-0.2, -0.15) is 0 Å². The number of aromatic nitrogens is 1. The van der Waals surface area contributed by atoms with E-state index in [1.165, 1.54) is 25.7 Å². The topological polar surface area (TPSA) is 24.9 Å². The number of rotatable bonds is 4. The van der Waals surface area contributed by atoms with Gasteiger partial charge in [-0.1, -0.05) is 18.9 Å². The highest BCUT2D eigenvalue weighted by atomic mass is 14.9. The highest BCUT2D eigenvalue weighted by Gasteiger charge is 2.15. The molecule has 1 aliphatic carbocycles. The SMILES string of the molecule is CC(NCC1CCCC1)c1ccccn1. The smallest absolute Gasteiger partial charge is 0.0570 e. The predicted octanol–water partition coefficient (Wildman–Crippen LogP) is 2.92. The zero-order valence-corrected chi connectivity index (χ0v) is 9.45. The molecule has 1 fully saturated rings. The van der Waals surface area contributed by atoms with Gasteiger partial charge in [-0.3, -0.25) is 4.98 Å². The van der Waals surface area contributed by atoms with Crippen LogP contribution in [0, 0.1) is 5.92 Å². The van der Waals surface area contributed by atoms with Crippen molar-refractivity contribution in [2.24, 2.45) is 5.92 Å².